The lowest BCUT2D eigenvalue weighted by Gasteiger charge is -2.12. The Bertz CT molecular complexity index is 536. The summed E-state index contributed by atoms with van der Waals surface area (Å²) in [4.78, 5) is 0. The minimum absolute atomic E-state index is 0.382. The Morgan fingerprint density at radius 1 is 1.32 bits per heavy atom. The largest absolute Gasteiger partial charge is 0.398 e. The second-order valence-corrected chi connectivity index (χ2v) is 4.89. The summed E-state index contributed by atoms with van der Waals surface area (Å²) in [6.07, 6.45) is 2.87. The van der Waals surface area contributed by atoms with Crippen LogP contribution >= 0.6 is 0 Å². The third-order valence-corrected chi connectivity index (χ3v) is 3.46. The number of aliphatic hydroxyl groups excluding tert-OH is 1. The highest BCUT2D eigenvalue weighted by atomic mass is 16.3. The van der Waals surface area contributed by atoms with Crippen LogP contribution in [0.1, 0.15) is 43.7 Å². The molecule has 0 aliphatic heterocycles. The molecule has 0 spiro atoms. The lowest BCUT2D eigenvalue weighted by molar-refractivity contribution is 0.177. The van der Waals surface area contributed by atoms with E-state index in [1.54, 1.807) is 6.07 Å². The van der Waals surface area contributed by atoms with Crippen molar-refractivity contribution in [3.05, 3.63) is 47.8 Å². The van der Waals surface area contributed by atoms with Gasteiger partial charge in [-0.25, -0.2) is 0 Å². The number of nitrogens with two attached hydrogens (primary N) is 1. The van der Waals surface area contributed by atoms with Gasteiger partial charge in [-0.05, 0) is 25.5 Å². The van der Waals surface area contributed by atoms with Gasteiger partial charge in [0.05, 0.1) is 11.8 Å². The van der Waals surface area contributed by atoms with Crippen LogP contribution in [0, 0.1) is 0 Å². The number of benzene rings is 1. The van der Waals surface area contributed by atoms with E-state index in [0.29, 0.717) is 18.2 Å². The normalized spacial score (nSPS) is 14.3. The van der Waals surface area contributed by atoms with E-state index in [0.717, 1.165) is 17.7 Å². The molecule has 1 heterocycles. The van der Waals surface area contributed by atoms with E-state index >= 15 is 0 Å². The molecule has 4 heteroatoms. The van der Waals surface area contributed by atoms with Gasteiger partial charge in [0.15, 0.2) is 0 Å². The highest BCUT2D eigenvalue weighted by Gasteiger charge is 2.13. The maximum absolute atomic E-state index is 10.2. The molecule has 1 aromatic carbocycles. The monoisotopic (exact) mass is 259 g/mol. The van der Waals surface area contributed by atoms with Crippen molar-refractivity contribution < 1.29 is 5.11 Å². The SMILES string of the molecule is CCC(C)n1ccc(CC(O)c2ccccc2N)n1. The van der Waals surface area contributed by atoms with Gasteiger partial charge < -0.3 is 10.8 Å². The van der Waals surface area contributed by atoms with E-state index in [2.05, 4.69) is 18.9 Å². The summed E-state index contributed by atoms with van der Waals surface area (Å²) >= 11 is 0. The molecule has 0 amide bonds. The fourth-order valence-electron chi connectivity index (χ4n) is 2.04. The quantitative estimate of drug-likeness (QED) is 0.811. The molecule has 0 saturated heterocycles. The van der Waals surface area contributed by atoms with Crippen LogP contribution in [0.15, 0.2) is 36.5 Å². The van der Waals surface area contributed by atoms with Crippen molar-refractivity contribution in [1.82, 2.24) is 9.78 Å². The van der Waals surface area contributed by atoms with Crippen molar-refractivity contribution in [2.24, 2.45) is 0 Å². The predicted octanol–water partition coefficient (Wildman–Crippen LogP) is 2.71. The number of rotatable bonds is 5. The van der Waals surface area contributed by atoms with Crippen LogP contribution in [0.3, 0.4) is 0 Å². The minimum Gasteiger partial charge on any atom is -0.398 e. The highest BCUT2D eigenvalue weighted by molar-refractivity contribution is 5.47. The van der Waals surface area contributed by atoms with E-state index in [9.17, 15) is 5.11 Å². The van der Waals surface area contributed by atoms with Crippen molar-refractivity contribution in [3.8, 4) is 0 Å². The number of aliphatic hydroxyl groups is 1. The van der Waals surface area contributed by atoms with Crippen molar-refractivity contribution in [1.29, 1.82) is 0 Å². The van der Waals surface area contributed by atoms with E-state index in [1.807, 2.05) is 35.1 Å². The molecule has 2 rings (SSSR count). The van der Waals surface area contributed by atoms with Crippen molar-refractivity contribution in [3.63, 3.8) is 0 Å². The first-order valence-corrected chi connectivity index (χ1v) is 6.68. The Balaban J connectivity index is 2.09. The van der Waals surface area contributed by atoms with Crippen LogP contribution < -0.4 is 5.73 Å². The second kappa shape index (κ2) is 5.89. The zero-order chi connectivity index (χ0) is 13.8. The average Bonchev–Trinajstić information content (AvgIpc) is 2.86. The molecule has 19 heavy (non-hydrogen) atoms. The molecule has 0 radical (unpaired) electrons. The van der Waals surface area contributed by atoms with E-state index in [-0.39, 0.29) is 0 Å². The topological polar surface area (TPSA) is 64.1 Å². The van der Waals surface area contributed by atoms with Gasteiger partial charge in [-0.15, -0.1) is 0 Å². The molecule has 0 aliphatic carbocycles. The van der Waals surface area contributed by atoms with Crippen LogP contribution in [-0.4, -0.2) is 14.9 Å². The van der Waals surface area contributed by atoms with Crippen molar-refractivity contribution >= 4 is 5.69 Å². The fraction of sp³-hybridized carbons (Fsp3) is 0.400. The highest BCUT2D eigenvalue weighted by Crippen LogP contribution is 2.23. The molecule has 4 nitrogen and oxygen atoms in total. The molecular formula is C15H21N3O. The van der Waals surface area contributed by atoms with E-state index < -0.39 is 6.10 Å². The molecule has 1 aromatic heterocycles. The van der Waals surface area contributed by atoms with Crippen LogP contribution in [0.2, 0.25) is 0 Å². The first-order valence-electron chi connectivity index (χ1n) is 6.68. The lowest BCUT2D eigenvalue weighted by Crippen LogP contribution is -2.08. The van der Waals surface area contributed by atoms with Gasteiger partial charge >= 0.3 is 0 Å². The smallest absolute Gasteiger partial charge is 0.0865 e. The molecule has 2 aromatic rings. The maximum Gasteiger partial charge on any atom is 0.0865 e. The molecule has 0 aliphatic rings. The van der Waals surface area contributed by atoms with E-state index in [4.69, 9.17) is 5.73 Å². The molecule has 2 atom stereocenters. The number of hydrogen-bond donors (Lipinski definition) is 2. The second-order valence-electron chi connectivity index (χ2n) is 4.89. The van der Waals surface area contributed by atoms with Crippen LogP contribution in [-0.2, 0) is 6.42 Å². The van der Waals surface area contributed by atoms with Gasteiger partial charge in [0.25, 0.3) is 0 Å². The van der Waals surface area contributed by atoms with Crippen molar-refractivity contribution in [2.75, 3.05) is 5.73 Å². The van der Waals surface area contributed by atoms with Crippen LogP contribution in [0.5, 0.6) is 0 Å². The summed E-state index contributed by atoms with van der Waals surface area (Å²) in [5, 5.41) is 14.7. The Hall–Kier alpha value is -1.81. The molecule has 0 saturated carbocycles. The molecule has 2 unspecified atom stereocenters. The zero-order valence-electron chi connectivity index (χ0n) is 11.5. The third kappa shape index (κ3) is 3.15. The van der Waals surface area contributed by atoms with Gasteiger partial charge in [0.1, 0.15) is 0 Å². The first kappa shape index (κ1) is 13.6. The Labute approximate surface area is 113 Å². The third-order valence-electron chi connectivity index (χ3n) is 3.46. The standard InChI is InChI=1S/C15H21N3O/c1-3-11(2)18-9-8-12(17-18)10-15(19)13-6-4-5-7-14(13)16/h4-9,11,15,19H,3,10,16H2,1-2H3. The van der Waals surface area contributed by atoms with Crippen molar-refractivity contribution in [2.45, 2.75) is 38.8 Å². The fourth-order valence-corrected chi connectivity index (χ4v) is 2.04. The van der Waals surface area contributed by atoms with Gasteiger partial charge in [0, 0.05) is 29.9 Å². The van der Waals surface area contributed by atoms with Gasteiger partial charge in [-0.1, -0.05) is 25.1 Å². The summed E-state index contributed by atoms with van der Waals surface area (Å²) < 4.78 is 1.94. The van der Waals surface area contributed by atoms with Gasteiger partial charge in [-0.3, -0.25) is 4.68 Å². The number of nitrogens with zero attached hydrogens (tertiary/aromatic N) is 2. The summed E-state index contributed by atoms with van der Waals surface area (Å²) in [7, 11) is 0. The van der Waals surface area contributed by atoms with Crippen LogP contribution in [0.25, 0.3) is 0 Å². The molecular weight excluding hydrogens is 238 g/mol. The summed E-state index contributed by atoms with van der Waals surface area (Å²) in [5.41, 5.74) is 8.14. The average molecular weight is 259 g/mol. The first-order chi connectivity index (χ1) is 9.11. The molecule has 3 N–H and O–H groups in total. The maximum atomic E-state index is 10.2. The number of aromatic nitrogens is 2. The Kier molecular flexibility index (Phi) is 4.22. The van der Waals surface area contributed by atoms with Gasteiger partial charge in [-0.2, -0.15) is 5.10 Å². The predicted molar refractivity (Wildman–Crippen MR) is 76.7 cm³/mol. The number of hydrogen-bond acceptors (Lipinski definition) is 3. The number of anilines is 1. The summed E-state index contributed by atoms with van der Waals surface area (Å²) in [6.45, 7) is 4.26. The number of para-hydroxylation sites is 1. The number of nitrogen functional groups attached to an aromatic ring is 1. The zero-order valence-corrected chi connectivity index (χ0v) is 11.5. The Morgan fingerprint density at radius 2 is 2.05 bits per heavy atom. The molecule has 0 fully saturated rings. The summed E-state index contributed by atoms with van der Waals surface area (Å²) in [6, 6.07) is 9.74. The molecule has 0 bridgehead atoms. The Morgan fingerprint density at radius 3 is 2.74 bits per heavy atom. The minimum atomic E-state index is -0.610. The molecule has 102 valence electrons. The van der Waals surface area contributed by atoms with Crippen LogP contribution in [0.4, 0.5) is 5.69 Å². The van der Waals surface area contributed by atoms with E-state index in [1.165, 1.54) is 0 Å². The summed E-state index contributed by atoms with van der Waals surface area (Å²) in [5.74, 6) is 0. The lowest BCUT2D eigenvalue weighted by atomic mass is 10.0. The van der Waals surface area contributed by atoms with Gasteiger partial charge in [0.2, 0.25) is 0 Å².